The van der Waals surface area contributed by atoms with E-state index < -0.39 is 0 Å². The summed E-state index contributed by atoms with van der Waals surface area (Å²) in [6.45, 7) is 0. The molecule has 0 unspecified atom stereocenters. The van der Waals surface area contributed by atoms with Gasteiger partial charge in [-0.1, -0.05) is 62.8 Å². The highest BCUT2D eigenvalue weighted by Crippen LogP contribution is 2.44. The van der Waals surface area contributed by atoms with E-state index in [0.717, 1.165) is 0 Å². The van der Waals surface area contributed by atoms with Crippen molar-refractivity contribution in [2.24, 2.45) is 0 Å². The molecule has 0 saturated heterocycles. The summed E-state index contributed by atoms with van der Waals surface area (Å²) >= 11 is 0. The van der Waals surface area contributed by atoms with Crippen molar-refractivity contribution in [3.63, 3.8) is 0 Å². The number of hydrogen-bond acceptors (Lipinski definition) is 1. The summed E-state index contributed by atoms with van der Waals surface area (Å²) in [4.78, 5) is 0. The first-order chi connectivity index (χ1) is 13.3. The van der Waals surface area contributed by atoms with Crippen molar-refractivity contribution in [1.82, 2.24) is 0 Å². The second kappa shape index (κ2) is 8.95. The van der Waals surface area contributed by atoms with Crippen LogP contribution in [0.4, 0.5) is 0 Å². The Balaban J connectivity index is 1.63. The van der Waals surface area contributed by atoms with Gasteiger partial charge in [0.1, 0.15) is 0 Å². The average molecular weight is 367 g/mol. The van der Waals surface area contributed by atoms with Gasteiger partial charge in [-0.05, 0) is 87.5 Å². The standard InChI is InChI=1S/C26H38O/c1-5-13-23(14-6-1)21-25(17-9-3-10-18-25)27-26(19-11-4-12-20-26)22-24-15-7-2-8-16-24/h5,7,13,15,21-22H,1-4,6,8-12,14,16-20H2. The zero-order valence-corrected chi connectivity index (χ0v) is 17.2. The zero-order valence-electron chi connectivity index (χ0n) is 17.2. The van der Waals surface area contributed by atoms with E-state index in [4.69, 9.17) is 4.74 Å². The molecule has 0 aromatic rings. The summed E-state index contributed by atoms with van der Waals surface area (Å²) < 4.78 is 7.29. The fourth-order valence-corrected chi connectivity index (χ4v) is 5.66. The van der Waals surface area contributed by atoms with E-state index in [1.54, 1.807) is 0 Å². The molecule has 148 valence electrons. The number of ether oxygens (including phenoxy) is 1. The second-order valence-electron chi connectivity index (χ2n) is 9.38. The maximum atomic E-state index is 7.29. The lowest BCUT2D eigenvalue weighted by Gasteiger charge is -2.46. The minimum Gasteiger partial charge on any atom is -0.360 e. The van der Waals surface area contributed by atoms with E-state index in [1.165, 1.54) is 114 Å². The van der Waals surface area contributed by atoms with E-state index in [9.17, 15) is 0 Å². The van der Waals surface area contributed by atoms with Crippen LogP contribution in [0.3, 0.4) is 0 Å². The summed E-state index contributed by atoms with van der Waals surface area (Å²) in [6.07, 6.45) is 35.0. The van der Waals surface area contributed by atoms with E-state index in [-0.39, 0.29) is 11.2 Å². The molecule has 0 amide bonds. The van der Waals surface area contributed by atoms with Crippen LogP contribution in [0.5, 0.6) is 0 Å². The Bertz CT molecular complexity index is 552. The van der Waals surface area contributed by atoms with Crippen LogP contribution < -0.4 is 0 Å². The van der Waals surface area contributed by atoms with Gasteiger partial charge >= 0.3 is 0 Å². The van der Waals surface area contributed by atoms with Gasteiger partial charge in [-0.3, -0.25) is 0 Å². The lowest BCUT2D eigenvalue weighted by molar-refractivity contribution is -0.137. The number of rotatable bonds is 4. The van der Waals surface area contributed by atoms with Crippen LogP contribution in [-0.2, 0) is 4.74 Å². The fraction of sp³-hybridized carbons (Fsp3) is 0.692. The molecule has 0 bridgehead atoms. The van der Waals surface area contributed by atoms with Crippen LogP contribution >= 0.6 is 0 Å². The predicted octanol–water partition coefficient (Wildman–Crippen LogP) is 7.74. The van der Waals surface area contributed by atoms with Gasteiger partial charge in [-0.25, -0.2) is 0 Å². The smallest absolute Gasteiger partial charge is 0.0880 e. The van der Waals surface area contributed by atoms with E-state index in [2.05, 4.69) is 36.5 Å². The Hall–Kier alpha value is -1.08. The highest BCUT2D eigenvalue weighted by molar-refractivity contribution is 5.28. The molecule has 0 N–H and O–H groups in total. The SMILES string of the molecule is C1=CC(=CC2(OC3(C=C4C=CCCC4)CCCCC3)CCCCC2)CCC1. The van der Waals surface area contributed by atoms with Crippen LogP contribution in [0.25, 0.3) is 0 Å². The second-order valence-corrected chi connectivity index (χ2v) is 9.38. The maximum absolute atomic E-state index is 7.29. The largest absolute Gasteiger partial charge is 0.360 e. The molecule has 0 aromatic carbocycles. The fourth-order valence-electron chi connectivity index (χ4n) is 5.66. The van der Waals surface area contributed by atoms with E-state index in [1.807, 2.05) is 0 Å². The maximum Gasteiger partial charge on any atom is 0.0880 e. The van der Waals surface area contributed by atoms with Crippen molar-refractivity contribution in [2.45, 2.75) is 114 Å². The van der Waals surface area contributed by atoms with Crippen LogP contribution in [-0.4, -0.2) is 11.2 Å². The molecule has 0 spiro atoms. The average Bonchev–Trinajstić information content (AvgIpc) is 2.70. The molecule has 0 aliphatic heterocycles. The van der Waals surface area contributed by atoms with Crippen molar-refractivity contribution >= 4 is 0 Å². The summed E-state index contributed by atoms with van der Waals surface area (Å²) in [5.41, 5.74) is 3.00. The zero-order chi connectivity index (χ0) is 18.4. The van der Waals surface area contributed by atoms with Crippen LogP contribution in [0.15, 0.2) is 47.6 Å². The first kappa shape index (κ1) is 19.2. The quantitative estimate of drug-likeness (QED) is 0.494. The third-order valence-electron chi connectivity index (χ3n) is 7.04. The van der Waals surface area contributed by atoms with Crippen molar-refractivity contribution in [3.8, 4) is 0 Å². The van der Waals surface area contributed by atoms with Crippen LogP contribution in [0, 0.1) is 0 Å². The van der Waals surface area contributed by atoms with Crippen molar-refractivity contribution in [1.29, 1.82) is 0 Å². The minimum absolute atomic E-state index is 0.0257. The normalized spacial score (nSPS) is 30.7. The molecule has 2 saturated carbocycles. The molecule has 4 aliphatic rings. The van der Waals surface area contributed by atoms with E-state index in [0.29, 0.717) is 0 Å². The third kappa shape index (κ3) is 5.05. The molecule has 1 nitrogen and oxygen atoms in total. The van der Waals surface area contributed by atoms with Gasteiger partial charge < -0.3 is 4.74 Å². The third-order valence-corrected chi connectivity index (χ3v) is 7.04. The molecule has 1 heteroatoms. The molecule has 0 radical (unpaired) electrons. The molecule has 27 heavy (non-hydrogen) atoms. The Kier molecular flexibility index (Phi) is 6.38. The van der Waals surface area contributed by atoms with Gasteiger partial charge in [0.25, 0.3) is 0 Å². The van der Waals surface area contributed by atoms with Gasteiger partial charge in [0.2, 0.25) is 0 Å². The van der Waals surface area contributed by atoms with Gasteiger partial charge in [-0.15, -0.1) is 0 Å². The van der Waals surface area contributed by atoms with Crippen molar-refractivity contribution in [2.75, 3.05) is 0 Å². The number of allylic oxidation sites excluding steroid dienone is 6. The molecule has 0 atom stereocenters. The van der Waals surface area contributed by atoms with Crippen LogP contribution in [0.1, 0.15) is 103 Å². The Morgan fingerprint density at radius 3 is 1.41 bits per heavy atom. The lowest BCUT2D eigenvalue weighted by atomic mass is 9.78. The lowest BCUT2D eigenvalue weighted by Crippen LogP contribution is -2.45. The Morgan fingerprint density at radius 1 is 0.593 bits per heavy atom. The van der Waals surface area contributed by atoms with Crippen LogP contribution in [0.2, 0.25) is 0 Å². The van der Waals surface area contributed by atoms with Crippen molar-refractivity contribution in [3.05, 3.63) is 47.6 Å². The van der Waals surface area contributed by atoms with Gasteiger partial charge in [0.15, 0.2) is 0 Å². The summed E-state index contributed by atoms with van der Waals surface area (Å²) in [5, 5.41) is 0. The predicted molar refractivity (Wildman–Crippen MR) is 115 cm³/mol. The first-order valence-electron chi connectivity index (χ1n) is 11.7. The molecule has 0 heterocycles. The van der Waals surface area contributed by atoms with Gasteiger partial charge in [-0.2, -0.15) is 0 Å². The van der Waals surface area contributed by atoms with Gasteiger partial charge in [0.05, 0.1) is 11.2 Å². The summed E-state index contributed by atoms with van der Waals surface area (Å²) in [7, 11) is 0. The highest BCUT2D eigenvalue weighted by atomic mass is 16.5. The molecule has 0 aromatic heterocycles. The first-order valence-corrected chi connectivity index (χ1v) is 11.7. The Labute approximate surface area is 166 Å². The molecule has 4 aliphatic carbocycles. The topological polar surface area (TPSA) is 9.23 Å². The molecular formula is C26H38O. The summed E-state index contributed by atoms with van der Waals surface area (Å²) in [5.74, 6) is 0. The minimum atomic E-state index is -0.0257. The van der Waals surface area contributed by atoms with Gasteiger partial charge in [0, 0.05) is 0 Å². The monoisotopic (exact) mass is 366 g/mol. The van der Waals surface area contributed by atoms with E-state index >= 15 is 0 Å². The molecular weight excluding hydrogens is 328 g/mol. The van der Waals surface area contributed by atoms with Crippen molar-refractivity contribution < 1.29 is 4.74 Å². The Morgan fingerprint density at radius 2 is 1.04 bits per heavy atom. The summed E-state index contributed by atoms with van der Waals surface area (Å²) in [6, 6.07) is 0. The highest BCUT2D eigenvalue weighted by Gasteiger charge is 2.41. The number of hydrogen-bond donors (Lipinski definition) is 0. The molecule has 2 fully saturated rings. The molecule has 4 rings (SSSR count).